The Morgan fingerprint density at radius 2 is 2.30 bits per heavy atom. The van der Waals surface area contributed by atoms with Crippen LogP contribution in [0.3, 0.4) is 0 Å². The normalized spacial score (nSPS) is 45.6. The van der Waals surface area contributed by atoms with E-state index < -0.39 is 0 Å². The van der Waals surface area contributed by atoms with Gasteiger partial charge in [-0.25, -0.2) is 0 Å². The van der Waals surface area contributed by atoms with Crippen LogP contribution < -0.4 is 0 Å². The predicted molar refractivity (Wildman–Crippen MR) is 39.9 cm³/mol. The highest BCUT2D eigenvalue weighted by Crippen LogP contribution is 2.46. The Labute approximate surface area is 62.2 Å². The van der Waals surface area contributed by atoms with Crippen molar-refractivity contribution >= 4 is 0 Å². The lowest BCUT2D eigenvalue weighted by Crippen LogP contribution is -2.32. The van der Waals surface area contributed by atoms with E-state index in [0.29, 0.717) is 6.04 Å². The van der Waals surface area contributed by atoms with Crippen LogP contribution in [0.4, 0.5) is 0 Å². The zero-order valence-corrected chi connectivity index (χ0v) is 6.71. The predicted octanol–water partition coefficient (Wildman–Crippen LogP) is 0.725. The lowest BCUT2D eigenvalue weighted by atomic mass is 10.2. The molecule has 2 nitrogen and oxygen atoms in total. The highest BCUT2D eigenvalue weighted by molar-refractivity contribution is 5.04. The fourth-order valence-corrected chi connectivity index (χ4v) is 2.15. The largest absolute Gasteiger partial charge is 0.383 e. The molecular formula is C8H15NO. The van der Waals surface area contributed by atoms with Gasteiger partial charge in [0.1, 0.15) is 0 Å². The second-order valence-electron chi connectivity index (χ2n) is 3.57. The fraction of sp³-hybridized carbons (Fsp3) is 1.00. The van der Waals surface area contributed by atoms with Crippen molar-refractivity contribution in [2.24, 2.45) is 5.92 Å². The SMILES string of the molecule is COC[C@@H]1C[C@@H]2C[C@@H]2N1C. The van der Waals surface area contributed by atoms with Gasteiger partial charge in [0.2, 0.25) is 0 Å². The minimum Gasteiger partial charge on any atom is -0.383 e. The Balaban J connectivity index is 1.88. The van der Waals surface area contributed by atoms with E-state index in [1.54, 1.807) is 7.11 Å². The fourth-order valence-electron chi connectivity index (χ4n) is 2.15. The van der Waals surface area contributed by atoms with Crippen molar-refractivity contribution in [1.82, 2.24) is 4.90 Å². The Morgan fingerprint density at radius 3 is 2.80 bits per heavy atom. The standard InChI is InChI=1S/C8H15NO/c1-9-7(5-10-2)3-6-4-8(6)9/h6-8H,3-5H2,1-2H3/t6-,7+,8+/m1/s1. The van der Waals surface area contributed by atoms with E-state index in [1.807, 2.05) is 0 Å². The molecule has 0 bridgehead atoms. The van der Waals surface area contributed by atoms with Crippen LogP contribution in [0.2, 0.25) is 0 Å². The van der Waals surface area contributed by atoms with E-state index in [9.17, 15) is 0 Å². The molecule has 2 aliphatic rings. The highest BCUT2D eigenvalue weighted by atomic mass is 16.5. The molecule has 2 fully saturated rings. The molecule has 1 aliphatic heterocycles. The number of likely N-dealkylation sites (N-methyl/N-ethyl adjacent to an activating group) is 1. The van der Waals surface area contributed by atoms with E-state index in [0.717, 1.165) is 18.6 Å². The third-order valence-electron chi connectivity index (χ3n) is 2.92. The summed E-state index contributed by atoms with van der Waals surface area (Å²) >= 11 is 0. The first-order chi connectivity index (χ1) is 4.83. The molecule has 58 valence electrons. The molecule has 0 aromatic heterocycles. The molecule has 0 spiro atoms. The van der Waals surface area contributed by atoms with Gasteiger partial charge in [-0.15, -0.1) is 0 Å². The number of methoxy groups -OCH3 is 1. The number of piperidine rings is 1. The summed E-state index contributed by atoms with van der Waals surface area (Å²) in [5.41, 5.74) is 0. The third-order valence-corrected chi connectivity index (χ3v) is 2.92. The number of likely N-dealkylation sites (tertiary alicyclic amines) is 1. The molecule has 3 atom stereocenters. The average Bonchev–Trinajstić information content (AvgIpc) is 2.60. The van der Waals surface area contributed by atoms with Crippen molar-refractivity contribution in [2.45, 2.75) is 24.9 Å². The molecule has 1 saturated heterocycles. The Bertz CT molecular complexity index is 137. The molecule has 2 rings (SSSR count). The third kappa shape index (κ3) is 0.867. The summed E-state index contributed by atoms with van der Waals surface area (Å²) in [6.45, 7) is 0.920. The number of nitrogens with zero attached hydrogens (tertiary/aromatic N) is 1. The molecule has 1 aliphatic carbocycles. The van der Waals surface area contributed by atoms with Crippen LogP contribution in [-0.4, -0.2) is 37.7 Å². The Morgan fingerprint density at radius 1 is 1.50 bits per heavy atom. The molecular weight excluding hydrogens is 126 g/mol. The van der Waals surface area contributed by atoms with Crippen molar-refractivity contribution in [2.75, 3.05) is 20.8 Å². The quantitative estimate of drug-likeness (QED) is 0.562. The van der Waals surface area contributed by atoms with Crippen LogP contribution in [-0.2, 0) is 4.74 Å². The smallest absolute Gasteiger partial charge is 0.0618 e. The first-order valence-corrected chi connectivity index (χ1v) is 4.04. The highest BCUT2D eigenvalue weighted by Gasteiger charge is 2.49. The van der Waals surface area contributed by atoms with Gasteiger partial charge in [0, 0.05) is 19.2 Å². The second-order valence-corrected chi connectivity index (χ2v) is 3.57. The van der Waals surface area contributed by atoms with Crippen molar-refractivity contribution < 1.29 is 4.74 Å². The maximum Gasteiger partial charge on any atom is 0.0618 e. The molecule has 0 unspecified atom stereocenters. The van der Waals surface area contributed by atoms with Gasteiger partial charge in [0.25, 0.3) is 0 Å². The van der Waals surface area contributed by atoms with Gasteiger partial charge in [-0.05, 0) is 25.8 Å². The van der Waals surface area contributed by atoms with Gasteiger partial charge in [-0.2, -0.15) is 0 Å². The van der Waals surface area contributed by atoms with Crippen LogP contribution in [0.1, 0.15) is 12.8 Å². The van der Waals surface area contributed by atoms with E-state index in [2.05, 4.69) is 11.9 Å². The lowest BCUT2D eigenvalue weighted by molar-refractivity contribution is 0.116. The number of hydrogen-bond donors (Lipinski definition) is 0. The molecule has 0 aromatic carbocycles. The van der Waals surface area contributed by atoms with Crippen molar-refractivity contribution in [3.8, 4) is 0 Å². The van der Waals surface area contributed by atoms with E-state index >= 15 is 0 Å². The summed E-state index contributed by atoms with van der Waals surface area (Å²) in [5.74, 6) is 1.02. The van der Waals surface area contributed by atoms with Crippen LogP contribution in [0.5, 0.6) is 0 Å². The van der Waals surface area contributed by atoms with Gasteiger partial charge >= 0.3 is 0 Å². The first-order valence-electron chi connectivity index (χ1n) is 4.04. The van der Waals surface area contributed by atoms with Crippen molar-refractivity contribution in [3.63, 3.8) is 0 Å². The lowest BCUT2D eigenvalue weighted by Gasteiger charge is -2.21. The summed E-state index contributed by atoms with van der Waals surface area (Å²) < 4.78 is 5.12. The maximum absolute atomic E-state index is 5.12. The number of hydrogen-bond acceptors (Lipinski definition) is 2. The Hall–Kier alpha value is -0.0800. The van der Waals surface area contributed by atoms with Crippen LogP contribution in [0.25, 0.3) is 0 Å². The van der Waals surface area contributed by atoms with Crippen LogP contribution in [0.15, 0.2) is 0 Å². The van der Waals surface area contributed by atoms with Gasteiger partial charge in [-0.1, -0.05) is 0 Å². The van der Waals surface area contributed by atoms with Gasteiger partial charge in [-0.3, -0.25) is 4.90 Å². The van der Waals surface area contributed by atoms with Gasteiger partial charge < -0.3 is 4.74 Å². The second kappa shape index (κ2) is 2.21. The van der Waals surface area contributed by atoms with Gasteiger partial charge in [0.15, 0.2) is 0 Å². The number of ether oxygens (including phenoxy) is 1. The van der Waals surface area contributed by atoms with Gasteiger partial charge in [0.05, 0.1) is 6.61 Å². The number of fused-ring (bicyclic) bond motifs is 1. The minimum absolute atomic E-state index is 0.716. The zero-order chi connectivity index (χ0) is 7.14. The first kappa shape index (κ1) is 6.62. The molecule has 0 radical (unpaired) electrons. The molecule has 1 saturated carbocycles. The molecule has 10 heavy (non-hydrogen) atoms. The summed E-state index contributed by atoms with van der Waals surface area (Å²) in [6.07, 6.45) is 2.81. The molecule has 2 heteroatoms. The van der Waals surface area contributed by atoms with E-state index in [-0.39, 0.29) is 0 Å². The Kier molecular flexibility index (Phi) is 1.46. The molecule has 0 amide bonds. The number of rotatable bonds is 2. The monoisotopic (exact) mass is 141 g/mol. The minimum atomic E-state index is 0.716. The van der Waals surface area contributed by atoms with Crippen LogP contribution >= 0.6 is 0 Å². The zero-order valence-electron chi connectivity index (χ0n) is 6.71. The van der Waals surface area contributed by atoms with E-state index in [1.165, 1.54) is 12.8 Å². The molecule has 0 aromatic rings. The molecule has 0 N–H and O–H groups in total. The summed E-state index contributed by atoms with van der Waals surface area (Å²) in [6, 6.07) is 1.63. The van der Waals surface area contributed by atoms with Crippen molar-refractivity contribution in [1.29, 1.82) is 0 Å². The average molecular weight is 141 g/mol. The van der Waals surface area contributed by atoms with Crippen molar-refractivity contribution in [3.05, 3.63) is 0 Å². The summed E-state index contributed by atoms with van der Waals surface area (Å²) in [7, 11) is 4.01. The maximum atomic E-state index is 5.12. The topological polar surface area (TPSA) is 12.5 Å². The van der Waals surface area contributed by atoms with Crippen LogP contribution in [0, 0.1) is 5.92 Å². The summed E-state index contributed by atoms with van der Waals surface area (Å²) in [4.78, 5) is 2.48. The molecule has 1 heterocycles. The van der Waals surface area contributed by atoms with E-state index in [4.69, 9.17) is 4.74 Å². The summed E-state index contributed by atoms with van der Waals surface area (Å²) in [5, 5.41) is 0.